The maximum Gasteiger partial charge on any atom is 0.373 e. The second-order valence-electron chi connectivity index (χ2n) is 7.70. The number of fused-ring (bicyclic) bond motifs is 1. The minimum Gasteiger partial charge on any atom is -0.457 e. The quantitative estimate of drug-likeness (QED) is 0.400. The lowest BCUT2D eigenvalue weighted by Gasteiger charge is -2.18. The van der Waals surface area contributed by atoms with Crippen LogP contribution in [0.5, 0.6) is 11.5 Å². The molecule has 0 aliphatic heterocycles. The first-order chi connectivity index (χ1) is 16.3. The summed E-state index contributed by atoms with van der Waals surface area (Å²) in [6.45, 7) is 4.13. The van der Waals surface area contributed by atoms with Gasteiger partial charge in [0.1, 0.15) is 17.3 Å². The van der Waals surface area contributed by atoms with Crippen molar-refractivity contribution in [3.63, 3.8) is 0 Å². The second kappa shape index (κ2) is 11.0. The van der Waals surface area contributed by atoms with Gasteiger partial charge in [-0.1, -0.05) is 12.1 Å². The first kappa shape index (κ1) is 24.3. The minimum atomic E-state index is -0.313. The summed E-state index contributed by atoms with van der Waals surface area (Å²) in [5, 5.41) is 0.960. The maximum absolute atomic E-state index is 13.1. The Bertz CT molecular complexity index is 1330. The Morgan fingerprint density at radius 1 is 0.971 bits per heavy atom. The minimum absolute atomic E-state index is 0.0775. The van der Waals surface area contributed by atoms with Crippen molar-refractivity contribution in [1.29, 1.82) is 0 Å². The summed E-state index contributed by atoms with van der Waals surface area (Å²) in [7, 11) is 1.73. The number of aromatic nitrogens is 1. The Labute approximate surface area is 196 Å². The van der Waals surface area contributed by atoms with E-state index in [4.69, 9.17) is 14.3 Å². The van der Waals surface area contributed by atoms with Crippen molar-refractivity contribution in [3.8, 4) is 11.5 Å². The van der Waals surface area contributed by atoms with Crippen molar-refractivity contribution in [2.24, 2.45) is 0 Å². The second-order valence-corrected chi connectivity index (χ2v) is 7.70. The number of carbonyl (C=O) groups is 1. The topological polar surface area (TPSA) is 76.6 Å². The molecule has 4 aromatic rings. The molecule has 0 unspecified atom stereocenters. The zero-order valence-electron chi connectivity index (χ0n) is 19.0. The Hall–Kier alpha value is -4.35. The molecule has 0 aliphatic rings. The standard InChI is InChI=1S/C26H23FN2O2.CO2/c1-17-14-23-24(15-18(17)2)28-13-12-25(23)31-22-10-8-21(9-11-22)29(3)26(30)16-19-4-6-20(27)7-5-19;2-1-3/h4-15H,16H2,1-3H3;. The van der Waals surface area contributed by atoms with E-state index in [-0.39, 0.29) is 24.3 Å². The summed E-state index contributed by atoms with van der Waals surface area (Å²) in [5.74, 6) is 1.02. The van der Waals surface area contributed by atoms with Crippen LogP contribution in [0, 0.1) is 19.7 Å². The smallest absolute Gasteiger partial charge is 0.373 e. The van der Waals surface area contributed by atoms with Gasteiger partial charge in [0.05, 0.1) is 11.9 Å². The number of nitrogens with zero attached hydrogens (tertiary/aromatic N) is 2. The van der Waals surface area contributed by atoms with Gasteiger partial charge in [-0.25, -0.2) is 4.39 Å². The van der Waals surface area contributed by atoms with Crippen LogP contribution in [0.3, 0.4) is 0 Å². The predicted molar refractivity (Wildman–Crippen MR) is 126 cm³/mol. The Kier molecular flexibility index (Phi) is 7.85. The molecule has 172 valence electrons. The number of halogens is 1. The van der Waals surface area contributed by atoms with Crippen molar-refractivity contribution in [2.45, 2.75) is 20.3 Å². The SMILES string of the molecule is Cc1cc2nccc(Oc3ccc(N(C)C(=O)Cc4ccc(F)cc4)cc3)c2cc1C.O=C=O. The van der Waals surface area contributed by atoms with Crippen molar-refractivity contribution in [2.75, 3.05) is 11.9 Å². The molecule has 1 aromatic heterocycles. The average molecular weight is 458 g/mol. The van der Waals surface area contributed by atoms with Gasteiger partial charge >= 0.3 is 6.15 Å². The van der Waals surface area contributed by atoms with Crippen molar-refractivity contribution < 1.29 is 23.5 Å². The van der Waals surface area contributed by atoms with Gasteiger partial charge in [-0.3, -0.25) is 9.78 Å². The third kappa shape index (κ3) is 5.91. The fourth-order valence-electron chi connectivity index (χ4n) is 3.37. The molecule has 0 atom stereocenters. The van der Waals surface area contributed by atoms with Crippen LogP contribution in [0.2, 0.25) is 0 Å². The van der Waals surface area contributed by atoms with E-state index in [0.717, 1.165) is 27.9 Å². The van der Waals surface area contributed by atoms with Gasteiger partial charge in [0.25, 0.3) is 0 Å². The number of hydrogen-bond acceptors (Lipinski definition) is 5. The molecule has 0 fully saturated rings. The summed E-state index contributed by atoms with van der Waals surface area (Å²) in [6.07, 6.45) is 2.19. The number of aryl methyl sites for hydroxylation is 2. The van der Waals surface area contributed by atoms with E-state index < -0.39 is 0 Å². The van der Waals surface area contributed by atoms with Crippen molar-refractivity contribution in [3.05, 3.63) is 95.4 Å². The van der Waals surface area contributed by atoms with E-state index in [1.165, 1.54) is 23.3 Å². The van der Waals surface area contributed by atoms with E-state index in [1.807, 2.05) is 30.3 Å². The number of ether oxygens (including phenoxy) is 1. The molecule has 0 N–H and O–H groups in total. The summed E-state index contributed by atoms with van der Waals surface area (Å²) in [5.41, 5.74) is 4.79. The lowest BCUT2D eigenvalue weighted by molar-refractivity contribution is -0.191. The third-order valence-corrected chi connectivity index (χ3v) is 5.41. The molecule has 3 aromatic carbocycles. The van der Waals surface area contributed by atoms with Gasteiger partial charge in [0.15, 0.2) is 0 Å². The van der Waals surface area contributed by atoms with E-state index >= 15 is 0 Å². The number of hydrogen-bond donors (Lipinski definition) is 0. The molecule has 1 amide bonds. The van der Waals surface area contributed by atoms with Gasteiger partial charge < -0.3 is 9.64 Å². The monoisotopic (exact) mass is 458 g/mol. The number of carbonyl (C=O) groups excluding carboxylic acids is 3. The van der Waals surface area contributed by atoms with E-state index in [1.54, 1.807) is 30.3 Å². The summed E-state index contributed by atoms with van der Waals surface area (Å²) in [6, 6.07) is 19.3. The number of anilines is 1. The van der Waals surface area contributed by atoms with Crippen molar-refractivity contribution in [1.82, 2.24) is 4.98 Å². The van der Waals surface area contributed by atoms with Gasteiger partial charge in [0.2, 0.25) is 5.91 Å². The summed E-state index contributed by atoms with van der Waals surface area (Å²) in [4.78, 5) is 34.8. The Balaban J connectivity index is 0.00000103. The van der Waals surface area contributed by atoms with Crippen LogP contribution < -0.4 is 9.64 Å². The molecular formula is C27H23FN2O4. The molecule has 0 bridgehead atoms. The molecule has 6 nitrogen and oxygen atoms in total. The maximum atomic E-state index is 13.1. The number of amides is 1. The highest BCUT2D eigenvalue weighted by molar-refractivity contribution is 5.94. The number of benzene rings is 3. The largest absolute Gasteiger partial charge is 0.457 e. The van der Waals surface area contributed by atoms with Crippen LogP contribution >= 0.6 is 0 Å². The Morgan fingerprint density at radius 2 is 1.59 bits per heavy atom. The highest BCUT2D eigenvalue weighted by Gasteiger charge is 2.13. The molecule has 4 rings (SSSR count). The van der Waals surface area contributed by atoms with Gasteiger partial charge in [0, 0.05) is 24.3 Å². The highest BCUT2D eigenvalue weighted by atomic mass is 19.1. The van der Waals surface area contributed by atoms with Gasteiger partial charge in [-0.05, 0) is 85.1 Å². The van der Waals surface area contributed by atoms with Crippen LogP contribution in [-0.4, -0.2) is 24.1 Å². The normalized spacial score (nSPS) is 10.1. The van der Waals surface area contributed by atoms with Crippen LogP contribution in [0.15, 0.2) is 72.9 Å². The lowest BCUT2D eigenvalue weighted by atomic mass is 10.1. The fourth-order valence-corrected chi connectivity index (χ4v) is 3.37. The van der Waals surface area contributed by atoms with Gasteiger partial charge in [-0.2, -0.15) is 9.59 Å². The van der Waals surface area contributed by atoms with E-state index in [2.05, 4.69) is 31.0 Å². The molecule has 0 spiro atoms. The number of rotatable bonds is 5. The van der Waals surface area contributed by atoms with Crippen LogP contribution in [0.1, 0.15) is 16.7 Å². The number of likely N-dealkylation sites (N-methyl/N-ethyl adjacent to an activating group) is 1. The highest BCUT2D eigenvalue weighted by Crippen LogP contribution is 2.31. The first-order valence-corrected chi connectivity index (χ1v) is 10.5. The molecule has 0 radical (unpaired) electrons. The molecular weight excluding hydrogens is 435 g/mol. The summed E-state index contributed by atoms with van der Waals surface area (Å²) >= 11 is 0. The van der Waals surface area contributed by atoms with Crippen molar-refractivity contribution >= 4 is 28.6 Å². The zero-order chi connectivity index (χ0) is 24.7. The van der Waals surface area contributed by atoms with E-state index in [0.29, 0.717) is 5.75 Å². The molecule has 1 heterocycles. The lowest BCUT2D eigenvalue weighted by Crippen LogP contribution is -2.27. The van der Waals surface area contributed by atoms with Crippen LogP contribution in [0.4, 0.5) is 10.1 Å². The van der Waals surface area contributed by atoms with E-state index in [9.17, 15) is 9.18 Å². The molecule has 34 heavy (non-hydrogen) atoms. The molecule has 0 saturated heterocycles. The molecule has 0 aliphatic carbocycles. The first-order valence-electron chi connectivity index (χ1n) is 10.5. The predicted octanol–water partition coefficient (Wildman–Crippen LogP) is 5.41. The zero-order valence-corrected chi connectivity index (χ0v) is 19.0. The summed E-state index contributed by atoms with van der Waals surface area (Å²) < 4.78 is 19.2. The number of pyridine rings is 1. The molecule has 7 heteroatoms. The van der Waals surface area contributed by atoms with Gasteiger partial charge in [-0.15, -0.1) is 0 Å². The Morgan fingerprint density at radius 3 is 2.24 bits per heavy atom. The van der Waals surface area contributed by atoms with Crippen LogP contribution in [0.25, 0.3) is 10.9 Å². The fraction of sp³-hybridized carbons (Fsp3) is 0.148. The van der Waals surface area contributed by atoms with Crippen LogP contribution in [-0.2, 0) is 20.8 Å². The average Bonchev–Trinajstić information content (AvgIpc) is 2.82. The molecule has 0 saturated carbocycles. The third-order valence-electron chi connectivity index (χ3n) is 5.41.